The highest BCUT2D eigenvalue weighted by molar-refractivity contribution is 8.09. The fraction of sp³-hybridized carbons (Fsp3) is 1.00. The van der Waals surface area contributed by atoms with Crippen molar-refractivity contribution in [1.82, 2.24) is 0 Å². The molecule has 1 heterocycles. The summed E-state index contributed by atoms with van der Waals surface area (Å²) in [4.78, 5) is 0. The highest BCUT2D eigenvalue weighted by Crippen LogP contribution is 2.77. The van der Waals surface area contributed by atoms with Gasteiger partial charge in [0, 0.05) is 10.5 Å². The molecule has 0 nitrogen and oxygen atoms in total. The van der Waals surface area contributed by atoms with E-state index in [0.717, 1.165) is 15.9 Å². The van der Waals surface area contributed by atoms with Crippen LogP contribution in [-0.2, 0) is 0 Å². The van der Waals surface area contributed by atoms with Crippen LogP contribution in [-0.4, -0.2) is 10.5 Å². The van der Waals surface area contributed by atoms with Crippen molar-refractivity contribution in [2.45, 2.75) is 30.8 Å². The Bertz CT molecular complexity index is 101. The second kappa shape index (κ2) is 0.883. The van der Waals surface area contributed by atoms with E-state index in [-0.39, 0.29) is 0 Å². The van der Waals surface area contributed by atoms with Crippen molar-refractivity contribution in [2.75, 3.05) is 0 Å². The van der Waals surface area contributed by atoms with Gasteiger partial charge in [0.2, 0.25) is 0 Å². The molecule has 2 unspecified atom stereocenters. The fourth-order valence-corrected chi connectivity index (χ4v) is 2.95. The maximum atomic E-state index is 2.40. The predicted octanol–water partition coefficient (Wildman–Crippen LogP) is 1.90. The van der Waals surface area contributed by atoms with Gasteiger partial charge in [-0.15, -0.1) is 0 Å². The fourth-order valence-electron chi connectivity index (χ4n) is 1.23. The van der Waals surface area contributed by atoms with Crippen LogP contribution in [0.25, 0.3) is 0 Å². The van der Waals surface area contributed by atoms with E-state index >= 15 is 0 Å². The predicted molar refractivity (Wildman–Crippen MR) is 33.6 cm³/mol. The SMILES string of the molecule is CCC1(C)C2SC21. The third kappa shape index (κ3) is 0.321. The van der Waals surface area contributed by atoms with E-state index < -0.39 is 0 Å². The van der Waals surface area contributed by atoms with Crippen LogP contribution >= 0.6 is 11.8 Å². The molecule has 7 heavy (non-hydrogen) atoms. The summed E-state index contributed by atoms with van der Waals surface area (Å²) in [7, 11) is 0. The van der Waals surface area contributed by atoms with E-state index in [1.807, 2.05) is 0 Å². The Morgan fingerprint density at radius 1 is 1.57 bits per heavy atom. The van der Waals surface area contributed by atoms with E-state index in [4.69, 9.17) is 0 Å². The molecule has 1 heteroatoms. The Morgan fingerprint density at radius 3 is 2.14 bits per heavy atom. The largest absolute Gasteiger partial charge is 0.152 e. The minimum atomic E-state index is 0.810. The Labute approximate surface area is 48.7 Å². The van der Waals surface area contributed by atoms with Gasteiger partial charge in [-0.3, -0.25) is 0 Å². The quantitative estimate of drug-likeness (QED) is 0.469. The number of fused-ring (bicyclic) bond motifs is 1. The van der Waals surface area contributed by atoms with Crippen molar-refractivity contribution >= 4 is 11.8 Å². The lowest BCUT2D eigenvalue weighted by atomic mass is 10.1. The summed E-state index contributed by atoms with van der Waals surface area (Å²) in [6.07, 6.45) is 1.40. The molecule has 1 aliphatic heterocycles. The summed E-state index contributed by atoms with van der Waals surface area (Å²) in [5, 5.41) is 2.19. The van der Waals surface area contributed by atoms with Crippen molar-refractivity contribution < 1.29 is 0 Å². The van der Waals surface area contributed by atoms with Gasteiger partial charge in [-0.05, 0) is 11.8 Å². The van der Waals surface area contributed by atoms with Crippen LogP contribution in [0.1, 0.15) is 20.3 Å². The van der Waals surface area contributed by atoms with Gasteiger partial charge in [0.15, 0.2) is 0 Å². The van der Waals surface area contributed by atoms with E-state index in [1.54, 1.807) is 0 Å². The maximum Gasteiger partial charge on any atom is 0.0240 e. The van der Waals surface area contributed by atoms with Crippen molar-refractivity contribution in [1.29, 1.82) is 0 Å². The molecule has 0 aromatic rings. The molecule has 0 aromatic heterocycles. The number of hydrogen-bond donors (Lipinski definition) is 0. The molecule has 0 amide bonds. The van der Waals surface area contributed by atoms with Gasteiger partial charge < -0.3 is 0 Å². The lowest BCUT2D eigenvalue weighted by Gasteiger charge is -2.10. The molecule has 0 radical (unpaired) electrons. The summed E-state index contributed by atoms with van der Waals surface area (Å²) in [6.45, 7) is 4.70. The van der Waals surface area contributed by atoms with Gasteiger partial charge in [-0.2, -0.15) is 11.8 Å². The van der Waals surface area contributed by atoms with Gasteiger partial charge in [-0.1, -0.05) is 13.8 Å². The molecule has 2 aliphatic rings. The van der Waals surface area contributed by atoms with Gasteiger partial charge in [0.05, 0.1) is 0 Å². The topological polar surface area (TPSA) is 0 Å². The average molecular weight is 114 g/mol. The zero-order valence-corrected chi connectivity index (χ0v) is 5.59. The molecule has 1 saturated carbocycles. The maximum absolute atomic E-state index is 2.40. The summed E-state index contributed by atoms with van der Waals surface area (Å²) in [6, 6.07) is 0. The summed E-state index contributed by atoms with van der Waals surface area (Å²) >= 11 is 2.15. The molecule has 1 saturated heterocycles. The summed E-state index contributed by atoms with van der Waals surface area (Å²) < 4.78 is 0. The molecule has 0 bridgehead atoms. The minimum Gasteiger partial charge on any atom is -0.152 e. The zero-order chi connectivity index (χ0) is 5.07. The molecular formula is C6H10S. The second-order valence-electron chi connectivity index (χ2n) is 2.84. The molecule has 40 valence electrons. The zero-order valence-electron chi connectivity index (χ0n) is 4.77. The first kappa shape index (κ1) is 4.25. The Kier molecular flexibility index (Phi) is 0.536. The summed E-state index contributed by atoms with van der Waals surface area (Å²) in [5.41, 5.74) is 0.810. The Balaban J connectivity index is 2.06. The van der Waals surface area contributed by atoms with Gasteiger partial charge in [-0.25, -0.2) is 0 Å². The first-order chi connectivity index (χ1) is 3.29. The van der Waals surface area contributed by atoms with Crippen LogP contribution in [0, 0.1) is 5.41 Å². The smallest absolute Gasteiger partial charge is 0.0240 e. The van der Waals surface area contributed by atoms with E-state index in [1.165, 1.54) is 6.42 Å². The molecule has 1 aliphatic carbocycles. The molecule has 2 fully saturated rings. The third-order valence-corrected chi connectivity index (χ3v) is 4.34. The van der Waals surface area contributed by atoms with Crippen LogP contribution in [0.3, 0.4) is 0 Å². The lowest BCUT2D eigenvalue weighted by Crippen LogP contribution is -2.02. The third-order valence-electron chi connectivity index (χ3n) is 2.44. The van der Waals surface area contributed by atoms with Crippen molar-refractivity contribution in [3.05, 3.63) is 0 Å². The van der Waals surface area contributed by atoms with E-state index in [2.05, 4.69) is 25.6 Å². The van der Waals surface area contributed by atoms with E-state index in [9.17, 15) is 0 Å². The highest BCUT2D eigenvalue weighted by atomic mass is 32.2. The van der Waals surface area contributed by atoms with Crippen LogP contribution in [0.4, 0.5) is 0 Å². The van der Waals surface area contributed by atoms with Gasteiger partial charge in [0.1, 0.15) is 0 Å². The number of rotatable bonds is 1. The standard InChI is InChI=1S/C6H10S/c1-3-6(2)4-5(6)7-4/h4-5H,3H2,1-2H3. The Morgan fingerprint density at radius 2 is 2.14 bits per heavy atom. The second-order valence-corrected chi connectivity index (χ2v) is 4.12. The van der Waals surface area contributed by atoms with Crippen LogP contribution in [0.15, 0.2) is 0 Å². The van der Waals surface area contributed by atoms with Crippen LogP contribution < -0.4 is 0 Å². The van der Waals surface area contributed by atoms with Gasteiger partial charge in [0.25, 0.3) is 0 Å². The normalized spacial score (nSPS) is 64.3. The van der Waals surface area contributed by atoms with Crippen LogP contribution in [0.5, 0.6) is 0 Å². The molecule has 0 N–H and O–H groups in total. The minimum absolute atomic E-state index is 0.810. The monoisotopic (exact) mass is 114 g/mol. The van der Waals surface area contributed by atoms with Crippen LogP contribution in [0.2, 0.25) is 0 Å². The summed E-state index contributed by atoms with van der Waals surface area (Å²) in [5.74, 6) is 0. The van der Waals surface area contributed by atoms with E-state index in [0.29, 0.717) is 0 Å². The average Bonchev–Trinajstić information content (AvgIpc) is 2.46. The molecule has 2 rings (SSSR count). The number of thioether (sulfide) groups is 1. The molecular weight excluding hydrogens is 104 g/mol. The molecule has 0 aromatic carbocycles. The number of hydrogen-bond acceptors (Lipinski definition) is 1. The van der Waals surface area contributed by atoms with Crippen molar-refractivity contribution in [2.24, 2.45) is 5.41 Å². The first-order valence-corrected chi connectivity index (χ1v) is 3.89. The molecule has 2 atom stereocenters. The highest BCUT2D eigenvalue weighted by Gasteiger charge is 2.73. The Hall–Kier alpha value is 0.350. The van der Waals surface area contributed by atoms with Crippen molar-refractivity contribution in [3.63, 3.8) is 0 Å². The first-order valence-electron chi connectivity index (χ1n) is 2.94. The van der Waals surface area contributed by atoms with Gasteiger partial charge >= 0.3 is 0 Å². The van der Waals surface area contributed by atoms with Crippen molar-refractivity contribution in [3.8, 4) is 0 Å². The lowest BCUT2D eigenvalue weighted by molar-refractivity contribution is 0.545. The molecule has 0 spiro atoms.